The average molecular weight is 244 g/mol. The summed E-state index contributed by atoms with van der Waals surface area (Å²) in [6.07, 6.45) is 0. The molecule has 0 unspecified atom stereocenters. The van der Waals surface area contributed by atoms with Crippen molar-refractivity contribution in [2.75, 3.05) is 6.61 Å². The summed E-state index contributed by atoms with van der Waals surface area (Å²) in [6, 6.07) is 5.88. The molecule has 1 atom stereocenters. The van der Waals surface area contributed by atoms with E-state index in [4.69, 9.17) is 10.1 Å². The van der Waals surface area contributed by atoms with Gasteiger partial charge in [-0.1, -0.05) is 17.7 Å². The van der Waals surface area contributed by atoms with Crippen molar-refractivity contribution in [1.29, 1.82) is 5.41 Å². The number of cyclic esters (lactones) is 1. The lowest BCUT2D eigenvalue weighted by atomic mass is 9.93. The molecule has 1 saturated heterocycles. The molecule has 0 spiro atoms. The van der Waals surface area contributed by atoms with Crippen LogP contribution in [0.3, 0.4) is 0 Å². The Kier molecular flexibility index (Phi) is 3.28. The van der Waals surface area contributed by atoms with Crippen LogP contribution in [-0.4, -0.2) is 24.0 Å². The summed E-state index contributed by atoms with van der Waals surface area (Å²) in [5.74, 6) is -0.819. The zero-order valence-corrected chi connectivity index (χ0v) is 10.8. The van der Waals surface area contributed by atoms with Crippen LogP contribution in [-0.2, 0) is 9.53 Å². The maximum Gasteiger partial charge on any atom is 0.352 e. The van der Waals surface area contributed by atoms with Crippen LogP contribution in [0.1, 0.15) is 30.9 Å². The van der Waals surface area contributed by atoms with E-state index in [1.165, 1.54) is 0 Å². The highest BCUT2D eigenvalue weighted by molar-refractivity contribution is 6.39. The number of aliphatic imine (C=N–C) groups is 1. The number of aryl methyl sites for hydroxylation is 1. The second-order valence-corrected chi connectivity index (χ2v) is 4.69. The van der Waals surface area contributed by atoms with Gasteiger partial charge >= 0.3 is 5.97 Å². The van der Waals surface area contributed by atoms with E-state index in [0.717, 1.165) is 22.5 Å². The second kappa shape index (κ2) is 4.72. The summed E-state index contributed by atoms with van der Waals surface area (Å²) in [7, 11) is 0. The highest BCUT2D eigenvalue weighted by atomic mass is 16.5. The minimum Gasteiger partial charge on any atom is -0.460 e. The molecule has 18 heavy (non-hydrogen) atoms. The van der Waals surface area contributed by atoms with E-state index in [1.54, 1.807) is 0 Å². The molecule has 1 fully saturated rings. The number of carbonyl (C=O) groups excluding carboxylic acids is 1. The molecule has 0 bridgehead atoms. The van der Waals surface area contributed by atoms with E-state index in [0.29, 0.717) is 0 Å². The minimum absolute atomic E-state index is 0.0193. The zero-order valence-electron chi connectivity index (χ0n) is 10.8. The van der Waals surface area contributed by atoms with Crippen LogP contribution < -0.4 is 0 Å². The lowest BCUT2D eigenvalue weighted by Gasteiger charge is -2.12. The van der Waals surface area contributed by atoms with Crippen molar-refractivity contribution in [3.05, 3.63) is 29.3 Å². The maximum absolute atomic E-state index is 11.3. The van der Waals surface area contributed by atoms with Gasteiger partial charge in [0.25, 0.3) is 0 Å². The SMILES string of the molecule is CC(C)=Nc1ccc(C)cc1[C@H]1COC(=O)C1=N. The van der Waals surface area contributed by atoms with Crippen LogP contribution in [0.25, 0.3) is 0 Å². The van der Waals surface area contributed by atoms with E-state index < -0.39 is 5.97 Å². The molecule has 1 aliphatic heterocycles. The van der Waals surface area contributed by atoms with Crippen molar-refractivity contribution >= 4 is 23.1 Å². The third kappa shape index (κ3) is 2.32. The van der Waals surface area contributed by atoms with Gasteiger partial charge in [0.15, 0.2) is 0 Å². The van der Waals surface area contributed by atoms with E-state index in [2.05, 4.69) is 4.99 Å². The van der Waals surface area contributed by atoms with Gasteiger partial charge in [-0.3, -0.25) is 10.4 Å². The molecule has 0 amide bonds. The van der Waals surface area contributed by atoms with Gasteiger partial charge in [-0.15, -0.1) is 0 Å². The highest BCUT2D eigenvalue weighted by Crippen LogP contribution is 2.32. The summed E-state index contributed by atoms with van der Waals surface area (Å²) in [4.78, 5) is 15.8. The van der Waals surface area contributed by atoms with Crippen LogP contribution >= 0.6 is 0 Å². The predicted octanol–water partition coefficient (Wildman–Crippen LogP) is 2.77. The fourth-order valence-electron chi connectivity index (χ4n) is 2.00. The van der Waals surface area contributed by atoms with Crippen molar-refractivity contribution in [3.8, 4) is 0 Å². The van der Waals surface area contributed by atoms with Crippen LogP contribution in [0.15, 0.2) is 23.2 Å². The first-order valence-electron chi connectivity index (χ1n) is 5.87. The van der Waals surface area contributed by atoms with Gasteiger partial charge in [0.2, 0.25) is 0 Å². The number of benzene rings is 1. The summed E-state index contributed by atoms with van der Waals surface area (Å²) < 4.78 is 4.92. The molecule has 0 radical (unpaired) electrons. The highest BCUT2D eigenvalue weighted by Gasteiger charge is 2.33. The number of ether oxygens (including phenoxy) is 1. The third-order valence-corrected chi connectivity index (χ3v) is 2.85. The van der Waals surface area contributed by atoms with Crippen molar-refractivity contribution in [1.82, 2.24) is 0 Å². The normalized spacial score (nSPS) is 18.7. The van der Waals surface area contributed by atoms with Gasteiger partial charge in [-0.05, 0) is 32.4 Å². The molecule has 1 N–H and O–H groups in total. The molecule has 1 aliphatic rings. The number of rotatable bonds is 2. The Morgan fingerprint density at radius 2 is 2.17 bits per heavy atom. The van der Waals surface area contributed by atoms with Gasteiger partial charge in [-0.2, -0.15) is 0 Å². The summed E-state index contributed by atoms with van der Waals surface area (Å²) in [5.41, 5.74) is 3.76. The first-order valence-corrected chi connectivity index (χ1v) is 5.87. The topological polar surface area (TPSA) is 62.5 Å². The van der Waals surface area contributed by atoms with Gasteiger partial charge < -0.3 is 4.74 Å². The molecule has 0 saturated carbocycles. The van der Waals surface area contributed by atoms with Gasteiger partial charge in [0.05, 0.1) is 11.6 Å². The molecule has 4 nitrogen and oxygen atoms in total. The van der Waals surface area contributed by atoms with Crippen molar-refractivity contribution < 1.29 is 9.53 Å². The maximum atomic E-state index is 11.3. The largest absolute Gasteiger partial charge is 0.460 e. The number of esters is 1. The number of hydrogen-bond donors (Lipinski definition) is 1. The van der Waals surface area contributed by atoms with E-state index in [-0.39, 0.29) is 18.2 Å². The fraction of sp³-hybridized carbons (Fsp3) is 0.357. The number of hydrogen-bond acceptors (Lipinski definition) is 4. The number of carbonyl (C=O) groups is 1. The van der Waals surface area contributed by atoms with Gasteiger partial charge in [0, 0.05) is 5.71 Å². The molecule has 4 heteroatoms. The average Bonchev–Trinajstić information content (AvgIpc) is 2.62. The summed E-state index contributed by atoms with van der Waals surface area (Å²) in [5, 5.41) is 7.78. The van der Waals surface area contributed by atoms with E-state index in [1.807, 2.05) is 39.0 Å². The van der Waals surface area contributed by atoms with Crippen LogP contribution in [0.5, 0.6) is 0 Å². The fourth-order valence-corrected chi connectivity index (χ4v) is 2.00. The predicted molar refractivity (Wildman–Crippen MR) is 71.0 cm³/mol. The number of nitrogens with zero attached hydrogens (tertiary/aromatic N) is 1. The molecule has 1 heterocycles. The van der Waals surface area contributed by atoms with Crippen LogP contribution in [0.4, 0.5) is 5.69 Å². The van der Waals surface area contributed by atoms with Crippen molar-refractivity contribution in [2.45, 2.75) is 26.7 Å². The van der Waals surface area contributed by atoms with Gasteiger partial charge in [0.1, 0.15) is 12.3 Å². The smallest absolute Gasteiger partial charge is 0.352 e. The Morgan fingerprint density at radius 3 is 2.72 bits per heavy atom. The lowest BCUT2D eigenvalue weighted by molar-refractivity contribution is -0.132. The summed E-state index contributed by atoms with van der Waals surface area (Å²) in [6.45, 7) is 6.07. The first-order chi connectivity index (χ1) is 8.49. The van der Waals surface area contributed by atoms with Crippen molar-refractivity contribution in [3.63, 3.8) is 0 Å². The quantitative estimate of drug-likeness (QED) is 0.642. The van der Waals surface area contributed by atoms with Crippen molar-refractivity contribution in [2.24, 2.45) is 4.99 Å². The molecule has 1 aromatic rings. The molecule has 2 rings (SSSR count). The third-order valence-electron chi connectivity index (χ3n) is 2.85. The first kappa shape index (κ1) is 12.5. The van der Waals surface area contributed by atoms with Gasteiger partial charge in [-0.25, -0.2) is 4.79 Å². The Balaban J connectivity index is 2.49. The van der Waals surface area contributed by atoms with E-state index >= 15 is 0 Å². The lowest BCUT2D eigenvalue weighted by Crippen LogP contribution is -2.12. The van der Waals surface area contributed by atoms with E-state index in [9.17, 15) is 4.79 Å². The molecule has 94 valence electrons. The minimum atomic E-state index is -0.523. The Bertz CT molecular complexity index is 543. The molecule has 0 aromatic heterocycles. The standard InChI is InChI=1S/C14H16N2O2/c1-8(2)16-12-5-4-9(3)6-10(12)11-7-18-14(17)13(11)15/h4-6,11,15H,7H2,1-3H3/t11-/m1/s1. The molecule has 1 aromatic carbocycles. The Labute approximate surface area is 106 Å². The molecular formula is C14H16N2O2. The number of nitrogens with one attached hydrogen (secondary N) is 1. The van der Waals surface area contributed by atoms with Crippen LogP contribution in [0.2, 0.25) is 0 Å². The Hall–Kier alpha value is -1.97. The molecule has 0 aliphatic carbocycles. The monoisotopic (exact) mass is 244 g/mol. The molecular weight excluding hydrogens is 228 g/mol. The zero-order chi connectivity index (χ0) is 13.3. The summed E-state index contributed by atoms with van der Waals surface area (Å²) >= 11 is 0. The Morgan fingerprint density at radius 1 is 1.44 bits per heavy atom. The van der Waals surface area contributed by atoms with Crippen LogP contribution in [0, 0.1) is 12.3 Å². The second-order valence-electron chi connectivity index (χ2n) is 4.69.